The number of piperazine rings is 1. The molecule has 3 rings (SSSR count). The number of benzene rings is 1. The Kier molecular flexibility index (Phi) is 4.01. The van der Waals surface area contributed by atoms with Gasteiger partial charge in [0.25, 0.3) is 0 Å². The van der Waals surface area contributed by atoms with Crippen LogP contribution in [0, 0.1) is 16.7 Å². The summed E-state index contributed by atoms with van der Waals surface area (Å²) in [4.78, 5) is 28.5. The first-order valence-corrected chi connectivity index (χ1v) is 8.42. The highest BCUT2D eigenvalue weighted by Crippen LogP contribution is 2.52. The fourth-order valence-corrected chi connectivity index (χ4v) is 4.02. The molecule has 0 radical (unpaired) electrons. The van der Waals surface area contributed by atoms with E-state index < -0.39 is 23.5 Å². The second-order valence-corrected chi connectivity index (χ2v) is 7.51. The SMILES string of the molecule is C[C@H]1C(=O)N2C(C[C@](C)(C#N)C2c2ccc(Cl)c(Cl)c2)C(=O)N1C. The molecule has 0 saturated carbocycles. The van der Waals surface area contributed by atoms with Gasteiger partial charge in [-0.1, -0.05) is 29.3 Å². The van der Waals surface area contributed by atoms with Crippen LogP contribution in [0.25, 0.3) is 0 Å². The summed E-state index contributed by atoms with van der Waals surface area (Å²) in [6.07, 6.45) is 0.302. The van der Waals surface area contributed by atoms with Crippen molar-refractivity contribution < 1.29 is 9.59 Å². The van der Waals surface area contributed by atoms with Gasteiger partial charge in [-0.15, -0.1) is 0 Å². The smallest absolute Gasteiger partial charge is 0.246 e. The van der Waals surface area contributed by atoms with Crippen LogP contribution in [0.15, 0.2) is 18.2 Å². The number of nitriles is 1. The Bertz CT molecular complexity index is 776. The molecule has 0 aromatic heterocycles. The number of fused-ring (bicyclic) bond motifs is 1. The molecule has 24 heavy (non-hydrogen) atoms. The molecule has 0 spiro atoms. The molecule has 7 heteroatoms. The minimum Gasteiger partial charge on any atom is -0.332 e. The van der Waals surface area contributed by atoms with Gasteiger partial charge in [0.15, 0.2) is 0 Å². The van der Waals surface area contributed by atoms with Gasteiger partial charge in [-0.25, -0.2) is 0 Å². The third kappa shape index (κ3) is 2.28. The van der Waals surface area contributed by atoms with E-state index in [9.17, 15) is 14.9 Å². The molecule has 2 fully saturated rings. The first-order chi connectivity index (χ1) is 11.2. The maximum atomic E-state index is 12.9. The predicted octanol–water partition coefficient (Wildman–Crippen LogP) is 3.03. The van der Waals surface area contributed by atoms with E-state index in [0.717, 1.165) is 0 Å². The summed E-state index contributed by atoms with van der Waals surface area (Å²) in [5.74, 6) is -0.289. The van der Waals surface area contributed by atoms with Crippen molar-refractivity contribution in [2.45, 2.75) is 38.4 Å². The fourth-order valence-electron chi connectivity index (χ4n) is 3.71. The summed E-state index contributed by atoms with van der Waals surface area (Å²) in [6.45, 7) is 3.48. The highest BCUT2D eigenvalue weighted by molar-refractivity contribution is 6.42. The van der Waals surface area contributed by atoms with Crippen LogP contribution in [0.1, 0.15) is 31.9 Å². The zero-order valence-electron chi connectivity index (χ0n) is 13.6. The molecular weight excluding hydrogens is 349 g/mol. The molecule has 2 amide bonds. The number of likely N-dealkylation sites (N-methyl/N-ethyl adjacent to an activating group) is 1. The second kappa shape index (κ2) is 5.65. The maximum absolute atomic E-state index is 12.9. The molecule has 0 bridgehead atoms. The van der Waals surface area contributed by atoms with Crippen LogP contribution in [-0.4, -0.2) is 40.7 Å². The summed E-state index contributed by atoms with van der Waals surface area (Å²) in [7, 11) is 1.62. The van der Waals surface area contributed by atoms with Crippen molar-refractivity contribution in [3.63, 3.8) is 0 Å². The van der Waals surface area contributed by atoms with Crippen LogP contribution >= 0.6 is 23.2 Å². The number of amides is 2. The van der Waals surface area contributed by atoms with E-state index in [0.29, 0.717) is 22.0 Å². The molecule has 1 aromatic rings. The molecule has 5 nitrogen and oxygen atoms in total. The monoisotopic (exact) mass is 365 g/mol. The maximum Gasteiger partial charge on any atom is 0.246 e. The van der Waals surface area contributed by atoms with E-state index >= 15 is 0 Å². The lowest BCUT2D eigenvalue weighted by Gasteiger charge is -2.42. The summed E-state index contributed by atoms with van der Waals surface area (Å²) in [5.41, 5.74) is -0.160. The third-order valence-electron chi connectivity index (χ3n) is 5.18. The zero-order valence-corrected chi connectivity index (χ0v) is 15.1. The Morgan fingerprint density at radius 2 is 1.92 bits per heavy atom. The molecule has 0 N–H and O–H groups in total. The predicted molar refractivity (Wildman–Crippen MR) is 90.4 cm³/mol. The van der Waals surface area contributed by atoms with Crippen LogP contribution in [-0.2, 0) is 9.59 Å². The molecule has 0 aliphatic carbocycles. The van der Waals surface area contributed by atoms with Gasteiger partial charge in [-0.05, 0) is 38.0 Å². The van der Waals surface area contributed by atoms with Crippen LogP contribution < -0.4 is 0 Å². The molecule has 2 heterocycles. The van der Waals surface area contributed by atoms with E-state index in [-0.39, 0.29) is 11.8 Å². The molecule has 1 aromatic carbocycles. The van der Waals surface area contributed by atoms with Gasteiger partial charge < -0.3 is 9.80 Å². The highest BCUT2D eigenvalue weighted by Gasteiger charge is 2.58. The largest absolute Gasteiger partial charge is 0.332 e. The van der Waals surface area contributed by atoms with Crippen molar-refractivity contribution in [2.24, 2.45) is 5.41 Å². The Hall–Kier alpha value is -1.77. The fraction of sp³-hybridized carbons (Fsp3) is 0.471. The number of carbonyl (C=O) groups is 2. The number of rotatable bonds is 1. The Balaban J connectivity index is 2.15. The van der Waals surface area contributed by atoms with E-state index in [4.69, 9.17) is 23.2 Å². The minimum absolute atomic E-state index is 0.133. The third-order valence-corrected chi connectivity index (χ3v) is 5.91. The molecule has 4 atom stereocenters. The second-order valence-electron chi connectivity index (χ2n) is 6.70. The normalized spacial score (nSPS) is 32.8. The van der Waals surface area contributed by atoms with Gasteiger partial charge in [0.05, 0.1) is 27.6 Å². The topological polar surface area (TPSA) is 64.4 Å². The van der Waals surface area contributed by atoms with Gasteiger partial charge in [0.2, 0.25) is 11.8 Å². The first-order valence-electron chi connectivity index (χ1n) is 7.66. The number of hydrogen-bond acceptors (Lipinski definition) is 3. The van der Waals surface area contributed by atoms with Crippen molar-refractivity contribution in [1.82, 2.24) is 9.80 Å². The van der Waals surface area contributed by atoms with Gasteiger partial charge in [-0.2, -0.15) is 5.26 Å². The lowest BCUT2D eigenvalue weighted by molar-refractivity contribution is -0.159. The lowest BCUT2D eigenvalue weighted by Crippen LogP contribution is -2.60. The zero-order chi connectivity index (χ0) is 17.8. The minimum atomic E-state index is -0.877. The van der Waals surface area contributed by atoms with Crippen molar-refractivity contribution in [3.8, 4) is 6.07 Å². The van der Waals surface area contributed by atoms with Gasteiger partial charge in [0.1, 0.15) is 12.1 Å². The molecule has 2 aliphatic heterocycles. The Morgan fingerprint density at radius 3 is 2.50 bits per heavy atom. The number of nitrogens with zero attached hydrogens (tertiary/aromatic N) is 3. The number of carbonyl (C=O) groups excluding carboxylic acids is 2. The summed E-state index contributed by atoms with van der Waals surface area (Å²) < 4.78 is 0. The number of hydrogen-bond donors (Lipinski definition) is 0. The standard InChI is InChI=1S/C17H17Cl2N3O2/c1-9-15(23)22-13(16(24)21(9)3)7-17(2,8-20)14(22)10-4-5-11(18)12(19)6-10/h4-6,9,13-14H,7H2,1-3H3/t9-,13?,14?,17+/m0/s1. The van der Waals surface area contributed by atoms with Crippen molar-refractivity contribution >= 4 is 35.0 Å². The van der Waals surface area contributed by atoms with Crippen LogP contribution in [0.2, 0.25) is 10.0 Å². The molecule has 2 saturated heterocycles. The summed E-state index contributed by atoms with van der Waals surface area (Å²) in [6, 6.07) is 5.68. The molecular formula is C17H17Cl2N3O2. The van der Waals surface area contributed by atoms with E-state index in [1.807, 2.05) is 0 Å². The molecule has 126 valence electrons. The van der Waals surface area contributed by atoms with E-state index in [1.165, 1.54) is 4.90 Å². The van der Waals surface area contributed by atoms with Gasteiger partial charge in [-0.3, -0.25) is 9.59 Å². The van der Waals surface area contributed by atoms with E-state index in [1.54, 1.807) is 44.0 Å². The van der Waals surface area contributed by atoms with Gasteiger partial charge in [0, 0.05) is 7.05 Å². The van der Waals surface area contributed by atoms with Crippen molar-refractivity contribution in [1.29, 1.82) is 5.26 Å². The lowest BCUT2D eigenvalue weighted by atomic mass is 9.79. The average molecular weight is 366 g/mol. The molecule has 2 aliphatic rings. The van der Waals surface area contributed by atoms with Crippen molar-refractivity contribution in [3.05, 3.63) is 33.8 Å². The van der Waals surface area contributed by atoms with Crippen LogP contribution in [0.5, 0.6) is 0 Å². The Labute approximate surface area is 150 Å². The molecule has 2 unspecified atom stereocenters. The Morgan fingerprint density at radius 1 is 1.25 bits per heavy atom. The summed E-state index contributed by atoms with van der Waals surface area (Å²) >= 11 is 12.1. The van der Waals surface area contributed by atoms with Gasteiger partial charge >= 0.3 is 0 Å². The van der Waals surface area contributed by atoms with Crippen LogP contribution in [0.4, 0.5) is 0 Å². The first kappa shape index (κ1) is 17.1. The van der Waals surface area contributed by atoms with Crippen LogP contribution in [0.3, 0.4) is 0 Å². The van der Waals surface area contributed by atoms with Crippen molar-refractivity contribution in [2.75, 3.05) is 7.05 Å². The van der Waals surface area contributed by atoms with E-state index in [2.05, 4.69) is 6.07 Å². The quantitative estimate of drug-likeness (QED) is 0.768. The average Bonchev–Trinajstić information content (AvgIpc) is 2.88. The number of halogens is 2. The highest BCUT2D eigenvalue weighted by atomic mass is 35.5. The summed E-state index contributed by atoms with van der Waals surface area (Å²) in [5, 5.41) is 10.5.